The largest absolute Gasteiger partial charge is 0.421 e. The second-order valence-electron chi connectivity index (χ2n) is 5.56. The van der Waals surface area contributed by atoms with Crippen molar-refractivity contribution in [3.8, 4) is 11.5 Å². The smallest absolute Gasteiger partial charge is 0.249 e. The molecule has 1 amide bonds. The van der Waals surface area contributed by atoms with Gasteiger partial charge in [0.15, 0.2) is 0 Å². The van der Waals surface area contributed by atoms with Gasteiger partial charge >= 0.3 is 0 Å². The quantitative estimate of drug-likeness (QED) is 0.826. The lowest BCUT2D eigenvalue weighted by Gasteiger charge is -2.34. The molecule has 0 bridgehead atoms. The molecule has 0 aromatic carbocycles. The summed E-state index contributed by atoms with van der Waals surface area (Å²) in [6.07, 6.45) is 4.24. The summed E-state index contributed by atoms with van der Waals surface area (Å²) in [5, 5.41) is 8.02. The van der Waals surface area contributed by atoms with Crippen LogP contribution in [-0.4, -0.2) is 63.6 Å². The summed E-state index contributed by atoms with van der Waals surface area (Å²) in [6.45, 7) is 6.70. The van der Waals surface area contributed by atoms with Gasteiger partial charge in [-0.05, 0) is 18.7 Å². The van der Waals surface area contributed by atoms with Crippen molar-refractivity contribution in [2.45, 2.75) is 19.8 Å². The molecule has 1 aliphatic heterocycles. The van der Waals surface area contributed by atoms with Crippen molar-refractivity contribution in [2.24, 2.45) is 0 Å². The van der Waals surface area contributed by atoms with Crippen molar-refractivity contribution >= 4 is 5.91 Å². The molecule has 0 aliphatic carbocycles. The van der Waals surface area contributed by atoms with Crippen LogP contribution in [0.2, 0.25) is 0 Å². The zero-order valence-corrected chi connectivity index (χ0v) is 13.3. The number of rotatable bonds is 5. The predicted octanol–water partition coefficient (Wildman–Crippen LogP) is 1.23. The number of carbonyl (C=O) groups is 1. The van der Waals surface area contributed by atoms with E-state index in [9.17, 15) is 4.79 Å². The molecule has 2 aromatic heterocycles. The summed E-state index contributed by atoms with van der Waals surface area (Å²) in [5.74, 6) is 1.09. The Morgan fingerprint density at radius 1 is 1.26 bits per heavy atom. The Balaban J connectivity index is 1.51. The molecule has 0 atom stereocenters. The minimum absolute atomic E-state index is 0.155. The predicted molar refractivity (Wildman–Crippen MR) is 84.5 cm³/mol. The van der Waals surface area contributed by atoms with Gasteiger partial charge in [0.05, 0.1) is 5.56 Å². The van der Waals surface area contributed by atoms with Crippen molar-refractivity contribution in [3.63, 3.8) is 0 Å². The third-order valence-corrected chi connectivity index (χ3v) is 4.10. The molecule has 1 aliphatic rings. The Morgan fingerprint density at radius 3 is 2.78 bits per heavy atom. The molecule has 0 radical (unpaired) electrons. The van der Waals surface area contributed by atoms with Crippen LogP contribution in [0.25, 0.3) is 11.5 Å². The van der Waals surface area contributed by atoms with E-state index in [4.69, 9.17) is 4.42 Å². The SMILES string of the molecule is CCN1CCN(C(=O)CCc2nnc(-c3cccnc3)o2)CC1. The zero-order valence-electron chi connectivity index (χ0n) is 13.3. The highest BCUT2D eigenvalue weighted by atomic mass is 16.4. The number of pyridine rings is 1. The summed E-state index contributed by atoms with van der Waals surface area (Å²) < 4.78 is 5.60. The summed E-state index contributed by atoms with van der Waals surface area (Å²) in [4.78, 5) is 20.5. The minimum atomic E-state index is 0.155. The second kappa shape index (κ2) is 7.32. The summed E-state index contributed by atoms with van der Waals surface area (Å²) >= 11 is 0. The minimum Gasteiger partial charge on any atom is -0.421 e. The highest BCUT2D eigenvalue weighted by Gasteiger charge is 2.20. The Labute approximate surface area is 135 Å². The van der Waals surface area contributed by atoms with Gasteiger partial charge in [-0.25, -0.2) is 0 Å². The van der Waals surface area contributed by atoms with E-state index in [-0.39, 0.29) is 5.91 Å². The third-order valence-electron chi connectivity index (χ3n) is 4.10. The molecular formula is C16H21N5O2. The number of carbonyl (C=O) groups excluding carboxylic acids is 1. The van der Waals surface area contributed by atoms with E-state index >= 15 is 0 Å². The first-order valence-corrected chi connectivity index (χ1v) is 7.99. The van der Waals surface area contributed by atoms with Crippen LogP contribution in [0.1, 0.15) is 19.2 Å². The molecule has 7 heteroatoms. The Bertz CT molecular complexity index is 635. The fourth-order valence-electron chi connectivity index (χ4n) is 2.65. The fraction of sp³-hybridized carbons (Fsp3) is 0.500. The maximum atomic E-state index is 12.3. The molecule has 122 valence electrons. The molecule has 1 fully saturated rings. The molecular weight excluding hydrogens is 294 g/mol. The molecule has 3 rings (SSSR count). The first kappa shape index (κ1) is 15.6. The highest BCUT2D eigenvalue weighted by molar-refractivity contribution is 5.76. The molecule has 0 N–H and O–H groups in total. The van der Waals surface area contributed by atoms with Gasteiger partial charge in [-0.15, -0.1) is 10.2 Å². The number of aromatic nitrogens is 3. The van der Waals surface area contributed by atoms with E-state index in [1.807, 2.05) is 17.0 Å². The standard InChI is InChI=1S/C16H21N5O2/c1-2-20-8-10-21(11-9-20)15(22)6-5-14-18-19-16(23-14)13-4-3-7-17-12-13/h3-4,7,12H,2,5-6,8-11H2,1H3. The van der Waals surface area contributed by atoms with Gasteiger partial charge in [-0.2, -0.15) is 0 Å². The lowest BCUT2D eigenvalue weighted by Crippen LogP contribution is -2.48. The zero-order chi connectivity index (χ0) is 16.1. The van der Waals surface area contributed by atoms with Gasteiger partial charge in [0, 0.05) is 51.4 Å². The molecule has 0 spiro atoms. The van der Waals surface area contributed by atoms with Crippen LogP contribution in [0.3, 0.4) is 0 Å². The van der Waals surface area contributed by atoms with Crippen molar-refractivity contribution < 1.29 is 9.21 Å². The van der Waals surface area contributed by atoms with Crippen LogP contribution in [-0.2, 0) is 11.2 Å². The first-order chi connectivity index (χ1) is 11.3. The summed E-state index contributed by atoms with van der Waals surface area (Å²) in [7, 11) is 0. The monoisotopic (exact) mass is 315 g/mol. The fourth-order valence-corrected chi connectivity index (χ4v) is 2.65. The topological polar surface area (TPSA) is 75.4 Å². The number of amides is 1. The molecule has 23 heavy (non-hydrogen) atoms. The summed E-state index contributed by atoms with van der Waals surface area (Å²) in [5.41, 5.74) is 0.785. The highest BCUT2D eigenvalue weighted by Crippen LogP contribution is 2.16. The third kappa shape index (κ3) is 3.92. The maximum absolute atomic E-state index is 12.3. The Hall–Kier alpha value is -2.28. The lowest BCUT2D eigenvalue weighted by atomic mass is 10.2. The van der Waals surface area contributed by atoms with Gasteiger partial charge in [0.1, 0.15) is 0 Å². The van der Waals surface area contributed by atoms with Crippen LogP contribution in [0.4, 0.5) is 0 Å². The van der Waals surface area contributed by atoms with Crippen LogP contribution < -0.4 is 0 Å². The van der Waals surface area contributed by atoms with E-state index < -0.39 is 0 Å². The van der Waals surface area contributed by atoms with Gasteiger partial charge in [-0.3, -0.25) is 9.78 Å². The van der Waals surface area contributed by atoms with E-state index in [1.165, 1.54) is 0 Å². The summed E-state index contributed by atoms with van der Waals surface area (Å²) in [6, 6.07) is 3.68. The second-order valence-corrected chi connectivity index (χ2v) is 5.56. The number of piperazine rings is 1. The normalized spacial score (nSPS) is 15.8. The molecule has 1 saturated heterocycles. The van der Waals surface area contributed by atoms with Crippen LogP contribution in [0, 0.1) is 0 Å². The number of nitrogens with zero attached hydrogens (tertiary/aromatic N) is 5. The van der Waals surface area contributed by atoms with Gasteiger partial charge in [0.2, 0.25) is 17.7 Å². The van der Waals surface area contributed by atoms with Gasteiger partial charge in [-0.1, -0.05) is 6.92 Å². The Morgan fingerprint density at radius 2 is 2.09 bits per heavy atom. The van der Waals surface area contributed by atoms with E-state index in [2.05, 4.69) is 27.0 Å². The van der Waals surface area contributed by atoms with E-state index in [0.717, 1.165) is 38.3 Å². The average molecular weight is 315 g/mol. The molecule has 0 saturated carbocycles. The maximum Gasteiger partial charge on any atom is 0.249 e. The molecule has 3 heterocycles. The number of likely N-dealkylation sites (N-methyl/N-ethyl adjacent to an activating group) is 1. The van der Waals surface area contributed by atoms with Gasteiger partial charge in [0.25, 0.3) is 0 Å². The van der Waals surface area contributed by atoms with Crippen molar-refractivity contribution in [1.29, 1.82) is 0 Å². The first-order valence-electron chi connectivity index (χ1n) is 7.99. The van der Waals surface area contributed by atoms with Crippen molar-refractivity contribution in [3.05, 3.63) is 30.4 Å². The van der Waals surface area contributed by atoms with Crippen LogP contribution in [0.15, 0.2) is 28.9 Å². The van der Waals surface area contributed by atoms with E-state index in [1.54, 1.807) is 12.4 Å². The number of aryl methyl sites for hydroxylation is 1. The Kier molecular flexibility index (Phi) is 4.97. The lowest BCUT2D eigenvalue weighted by molar-refractivity contribution is -0.132. The van der Waals surface area contributed by atoms with E-state index in [0.29, 0.717) is 24.6 Å². The van der Waals surface area contributed by atoms with Crippen LogP contribution >= 0.6 is 0 Å². The van der Waals surface area contributed by atoms with Gasteiger partial charge < -0.3 is 14.2 Å². The number of hydrogen-bond donors (Lipinski definition) is 0. The van der Waals surface area contributed by atoms with Crippen molar-refractivity contribution in [1.82, 2.24) is 25.0 Å². The van der Waals surface area contributed by atoms with Crippen LogP contribution in [0.5, 0.6) is 0 Å². The molecule has 2 aromatic rings. The average Bonchev–Trinajstić information content (AvgIpc) is 3.09. The van der Waals surface area contributed by atoms with Crippen molar-refractivity contribution in [2.75, 3.05) is 32.7 Å². The molecule has 7 nitrogen and oxygen atoms in total. The number of hydrogen-bond acceptors (Lipinski definition) is 6. The molecule has 0 unspecified atom stereocenters.